The zero-order valence-electron chi connectivity index (χ0n) is 7.68. The fraction of sp³-hybridized carbons (Fsp3) is 0.333. The second-order valence-corrected chi connectivity index (χ2v) is 3.20. The monoisotopic (exact) mass is 222 g/mol. The first kappa shape index (κ1) is 11.8. The predicted molar refractivity (Wildman–Crippen MR) is 48.5 cm³/mol. The Morgan fingerprint density at radius 3 is 2.33 bits per heavy atom. The normalized spacial score (nSPS) is 13.9. The fourth-order valence-corrected chi connectivity index (χ4v) is 1.08. The third kappa shape index (κ3) is 3.09. The van der Waals surface area contributed by atoms with Gasteiger partial charge in [0.1, 0.15) is 11.9 Å². The van der Waals surface area contributed by atoms with Crippen molar-refractivity contribution in [2.45, 2.75) is 18.6 Å². The third-order valence-corrected chi connectivity index (χ3v) is 1.94. The summed E-state index contributed by atoms with van der Waals surface area (Å²) in [7, 11) is 0. The van der Waals surface area contributed by atoms with Gasteiger partial charge in [0, 0.05) is 5.69 Å². The van der Waals surface area contributed by atoms with Crippen molar-refractivity contribution in [1.82, 2.24) is 0 Å². The second-order valence-electron chi connectivity index (χ2n) is 3.20. The van der Waals surface area contributed by atoms with Crippen LogP contribution < -0.4 is 11.5 Å². The molecule has 0 aliphatic carbocycles. The van der Waals surface area contributed by atoms with Crippen LogP contribution in [0, 0.1) is 5.82 Å². The summed E-state index contributed by atoms with van der Waals surface area (Å²) in [6, 6.07) is 1.45. The Labute approximate surface area is 83.9 Å². The van der Waals surface area contributed by atoms with Crippen molar-refractivity contribution in [2.24, 2.45) is 5.73 Å². The van der Waals surface area contributed by atoms with Crippen molar-refractivity contribution in [3.63, 3.8) is 0 Å². The van der Waals surface area contributed by atoms with E-state index in [4.69, 9.17) is 11.5 Å². The number of nitrogen functional groups attached to an aromatic ring is 1. The van der Waals surface area contributed by atoms with E-state index in [1.54, 1.807) is 0 Å². The summed E-state index contributed by atoms with van der Waals surface area (Å²) in [5.41, 5.74) is 10.2. The Kier molecular flexibility index (Phi) is 3.18. The van der Waals surface area contributed by atoms with Crippen LogP contribution >= 0.6 is 0 Å². The van der Waals surface area contributed by atoms with E-state index < -0.39 is 24.5 Å². The summed E-state index contributed by atoms with van der Waals surface area (Å²) >= 11 is 0. The lowest BCUT2D eigenvalue weighted by molar-refractivity contribution is -0.147. The fourth-order valence-electron chi connectivity index (χ4n) is 1.08. The molecular weight excluding hydrogens is 212 g/mol. The van der Waals surface area contributed by atoms with Crippen molar-refractivity contribution in [3.8, 4) is 0 Å². The molecule has 6 heteroatoms. The number of hydrogen-bond donors (Lipinski definition) is 2. The molecule has 0 bridgehead atoms. The molecule has 15 heavy (non-hydrogen) atoms. The highest BCUT2D eigenvalue weighted by molar-refractivity contribution is 5.40. The van der Waals surface area contributed by atoms with E-state index in [0.29, 0.717) is 0 Å². The highest BCUT2D eigenvalue weighted by atomic mass is 19.4. The van der Waals surface area contributed by atoms with Crippen LogP contribution in [0.15, 0.2) is 18.2 Å². The van der Waals surface area contributed by atoms with E-state index in [9.17, 15) is 17.6 Å². The van der Waals surface area contributed by atoms with Gasteiger partial charge in [-0.15, -0.1) is 0 Å². The van der Waals surface area contributed by atoms with Crippen LogP contribution in [0.3, 0.4) is 0 Å². The van der Waals surface area contributed by atoms with Crippen LogP contribution in [0.5, 0.6) is 0 Å². The molecule has 84 valence electrons. The lowest BCUT2D eigenvalue weighted by Gasteiger charge is -2.15. The summed E-state index contributed by atoms with van der Waals surface area (Å²) in [6.07, 6.45) is -5.11. The molecule has 1 unspecified atom stereocenters. The summed E-state index contributed by atoms with van der Waals surface area (Å²) in [4.78, 5) is 0. The molecular formula is C9H10F4N2. The smallest absolute Gasteiger partial charge is 0.399 e. The molecule has 1 aromatic carbocycles. The molecule has 0 fully saturated rings. The Hall–Kier alpha value is -1.30. The summed E-state index contributed by atoms with van der Waals surface area (Å²) < 4.78 is 49.3. The summed E-state index contributed by atoms with van der Waals surface area (Å²) in [6.45, 7) is 0. The van der Waals surface area contributed by atoms with E-state index in [1.807, 2.05) is 0 Å². The first-order chi connectivity index (χ1) is 6.80. The van der Waals surface area contributed by atoms with Gasteiger partial charge in [-0.2, -0.15) is 13.2 Å². The molecule has 0 heterocycles. The van der Waals surface area contributed by atoms with Crippen LogP contribution in [-0.2, 0) is 6.42 Å². The maximum absolute atomic E-state index is 13.1. The number of anilines is 1. The molecule has 1 rings (SSSR count). The average Bonchev–Trinajstić information content (AvgIpc) is 2.08. The Balaban J connectivity index is 2.82. The molecule has 0 saturated heterocycles. The minimum Gasteiger partial charge on any atom is -0.399 e. The van der Waals surface area contributed by atoms with Crippen LogP contribution in [0.2, 0.25) is 0 Å². The van der Waals surface area contributed by atoms with Crippen molar-refractivity contribution >= 4 is 5.69 Å². The number of rotatable bonds is 2. The van der Waals surface area contributed by atoms with Crippen molar-refractivity contribution in [3.05, 3.63) is 29.6 Å². The Morgan fingerprint density at radius 2 is 1.87 bits per heavy atom. The van der Waals surface area contributed by atoms with E-state index in [1.165, 1.54) is 12.1 Å². The first-order valence-electron chi connectivity index (χ1n) is 4.17. The van der Waals surface area contributed by atoms with Crippen molar-refractivity contribution in [1.29, 1.82) is 0 Å². The van der Waals surface area contributed by atoms with Crippen molar-refractivity contribution in [2.75, 3.05) is 5.73 Å². The van der Waals surface area contributed by atoms with Gasteiger partial charge in [0.25, 0.3) is 0 Å². The zero-order valence-corrected chi connectivity index (χ0v) is 7.68. The lowest BCUT2D eigenvalue weighted by atomic mass is 10.1. The minimum absolute atomic E-state index is 0.0889. The van der Waals surface area contributed by atoms with Gasteiger partial charge in [0.15, 0.2) is 0 Å². The van der Waals surface area contributed by atoms with Crippen LogP contribution in [0.4, 0.5) is 23.2 Å². The molecule has 0 radical (unpaired) electrons. The van der Waals surface area contributed by atoms with Crippen LogP contribution in [-0.4, -0.2) is 12.2 Å². The summed E-state index contributed by atoms with van der Waals surface area (Å²) in [5, 5.41) is 0. The largest absolute Gasteiger partial charge is 0.403 e. The minimum atomic E-state index is -4.52. The standard InChI is InChI=1S/C9H10F4N2/c10-7-4-6(14)2-1-5(7)3-8(15)9(11,12)13/h1-2,4,8H,3,14-15H2. The highest BCUT2D eigenvalue weighted by Gasteiger charge is 2.36. The van der Waals surface area contributed by atoms with Crippen LogP contribution in [0.1, 0.15) is 5.56 Å². The molecule has 4 N–H and O–H groups in total. The second kappa shape index (κ2) is 4.06. The zero-order chi connectivity index (χ0) is 11.6. The molecule has 0 spiro atoms. The molecule has 1 atom stereocenters. The predicted octanol–water partition coefficient (Wildman–Crippen LogP) is 1.84. The molecule has 2 nitrogen and oxygen atoms in total. The van der Waals surface area contributed by atoms with E-state index in [0.717, 1.165) is 6.07 Å². The topological polar surface area (TPSA) is 52.0 Å². The quantitative estimate of drug-likeness (QED) is 0.592. The molecule has 1 aromatic rings. The maximum Gasteiger partial charge on any atom is 0.403 e. The molecule has 0 saturated carbocycles. The number of nitrogens with two attached hydrogens (primary N) is 2. The van der Waals surface area contributed by atoms with Crippen molar-refractivity contribution < 1.29 is 17.6 Å². The Morgan fingerprint density at radius 1 is 1.27 bits per heavy atom. The third-order valence-electron chi connectivity index (χ3n) is 1.94. The van der Waals surface area contributed by atoms with Crippen LogP contribution in [0.25, 0.3) is 0 Å². The number of alkyl halides is 3. The van der Waals surface area contributed by atoms with Gasteiger partial charge in [-0.25, -0.2) is 4.39 Å². The first-order valence-corrected chi connectivity index (χ1v) is 4.17. The van der Waals surface area contributed by atoms with Gasteiger partial charge in [-0.05, 0) is 24.1 Å². The van der Waals surface area contributed by atoms with Gasteiger partial charge in [0.2, 0.25) is 0 Å². The van der Waals surface area contributed by atoms with Gasteiger partial charge in [0.05, 0.1) is 0 Å². The van der Waals surface area contributed by atoms with E-state index in [2.05, 4.69) is 0 Å². The lowest BCUT2D eigenvalue weighted by Crippen LogP contribution is -2.39. The number of halogens is 4. The molecule has 0 aromatic heterocycles. The van der Waals surface area contributed by atoms with Gasteiger partial charge in [-0.3, -0.25) is 0 Å². The Bertz CT molecular complexity index is 348. The van der Waals surface area contributed by atoms with Gasteiger partial charge < -0.3 is 11.5 Å². The molecule has 0 aliphatic rings. The summed E-state index contributed by atoms with van der Waals surface area (Å²) in [5.74, 6) is -0.769. The van der Waals surface area contributed by atoms with Gasteiger partial charge >= 0.3 is 6.18 Å². The maximum atomic E-state index is 13.1. The SMILES string of the molecule is Nc1ccc(CC(N)C(F)(F)F)c(F)c1. The van der Waals surface area contributed by atoms with E-state index in [-0.39, 0.29) is 11.3 Å². The number of benzene rings is 1. The number of hydrogen-bond acceptors (Lipinski definition) is 2. The highest BCUT2D eigenvalue weighted by Crippen LogP contribution is 2.23. The van der Waals surface area contributed by atoms with Gasteiger partial charge in [-0.1, -0.05) is 6.07 Å². The van der Waals surface area contributed by atoms with E-state index >= 15 is 0 Å². The molecule has 0 amide bonds. The average molecular weight is 222 g/mol. The molecule has 0 aliphatic heterocycles.